The molecule has 1 saturated carbocycles. The first kappa shape index (κ1) is 14.9. The van der Waals surface area contributed by atoms with Crippen LogP contribution in [0.3, 0.4) is 0 Å². The number of amides is 1. The molecule has 2 rings (SSSR count). The van der Waals surface area contributed by atoms with E-state index in [1.165, 1.54) is 7.11 Å². The standard InChI is InChI=1S/C15H18ClNO3/c1-20-15(19)11-5-3-7-13(9-11)17-14(18)10-4-2-6-12(16)8-10/h2,4,6,8,11,13H,3,5,7,9H2,1H3,(H,17,18)/t11-,13+/m0/s1. The molecule has 1 aliphatic carbocycles. The van der Waals surface area contributed by atoms with Crippen molar-refractivity contribution >= 4 is 23.5 Å². The Bertz CT molecular complexity index is 504. The zero-order valence-electron chi connectivity index (χ0n) is 11.4. The van der Waals surface area contributed by atoms with E-state index < -0.39 is 0 Å². The molecular formula is C15H18ClNO3. The molecule has 1 aliphatic rings. The number of benzene rings is 1. The molecule has 1 aromatic carbocycles. The van der Waals surface area contributed by atoms with Crippen LogP contribution in [0.25, 0.3) is 0 Å². The molecule has 0 bridgehead atoms. The van der Waals surface area contributed by atoms with Crippen LogP contribution >= 0.6 is 11.6 Å². The third kappa shape index (κ3) is 3.73. The number of halogens is 1. The van der Waals surface area contributed by atoms with Crippen molar-refractivity contribution in [3.05, 3.63) is 34.9 Å². The van der Waals surface area contributed by atoms with E-state index in [0.717, 1.165) is 19.3 Å². The minimum Gasteiger partial charge on any atom is -0.469 e. The van der Waals surface area contributed by atoms with Gasteiger partial charge in [-0.05, 0) is 37.5 Å². The van der Waals surface area contributed by atoms with Crippen LogP contribution in [0.4, 0.5) is 0 Å². The average molecular weight is 296 g/mol. The number of esters is 1. The third-order valence-corrected chi connectivity index (χ3v) is 3.87. The number of methoxy groups -OCH3 is 1. The topological polar surface area (TPSA) is 55.4 Å². The van der Waals surface area contributed by atoms with Gasteiger partial charge in [0.05, 0.1) is 13.0 Å². The van der Waals surface area contributed by atoms with Gasteiger partial charge >= 0.3 is 5.97 Å². The van der Waals surface area contributed by atoms with Crippen molar-refractivity contribution in [3.63, 3.8) is 0 Å². The van der Waals surface area contributed by atoms with E-state index in [1.807, 2.05) is 0 Å². The summed E-state index contributed by atoms with van der Waals surface area (Å²) in [7, 11) is 1.40. The number of hydrogen-bond acceptors (Lipinski definition) is 3. The molecule has 1 aromatic rings. The molecular weight excluding hydrogens is 278 g/mol. The Balaban J connectivity index is 1.96. The molecule has 1 N–H and O–H groups in total. The van der Waals surface area contributed by atoms with Gasteiger partial charge in [0.25, 0.3) is 5.91 Å². The van der Waals surface area contributed by atoms with Gasteiger partial charge in [0.15, 0.2) is 0 Å². The van der Waals surface area contributed by atoms with Crippen LogP contribution < -0.4 is 5.32 Å². The highest BCUT2D eigenvalue weighted by atomic mass is 35.5. The molecule has 0 radical (unpaired) electrons. The van der Waals surface area contributed by atoms with E-state index in [0.29, 0.717) is 17.0 Å². The van der Waals surface area contributed by atoms with Crippen LogP contribution in [0.1, 0.15) is 36.0 Å². The number of ether oxygens (including phenoxy) is 1. The van der Waals surface area contributed by atoms with Crippen molar-refractivity contribution < 1.29 is 14.3 Å². The summed E-state index contributed by atoms with van der Waals surface area (Å²) in [6.07, 6.45) is 3.27. The molecule has 1 amide bonds. The minimum absolute atomic E-state index is 0.0133. The van der Waals surface area contributed by atoms with Gasteiger partial charge in [0.2, 0.25) is 0 Å². The Hall–Kier alpha value is -1.55. The second-order valence-corrected chi connectivity index (χ2v) is 5.50. The Morgan fingerprint density at radius 3 is 2.85 bits per heavy atom. The number of carbonyl (C=O) groups excluding carboxylic acids is 2. The predicted molar refractivity (Wildman–Crippen MR) is 76.7 cm³/mol. The fraction of sp³-hybridized carbons (Fsp3) is 0.467. The Morgan fingerprint density at radius 1 is 1.35 bits per heavy atom. The van der Waals surface area contributed by atoms with E-state index in [2.05, 4.69) is 5.32 Å². The van der Waals surface area contributed by atoms with Crippen LogP contribution in [-0.2, 0) is 9.53 Å². The molecule has 0 spiro atoms. The van der Waals surface area contributed by atoms with Crippen molar-refractivity contribution in [2.45, 2.75) is 31.7 Å². The molecule has 0 heterocycles. The highest BCUT2D eigenvalue weighted by Crippen LogP contribution is 2.25. The Kier molecular flexibility index (Phi) is 5.01. The molecule has 4 nitrogen and oxygen atoms in total. The lowest BCUT2D eigenvalue weighted by Gasteiger charge is -2.28. The first-order valence-corrected chi connectivity index (χ1v) is 7.12. The number of nitrogens with one attached hydrogen (secondary N) is 1. The number of hydrogen-bond donors (Lipinski definition) is 1. The molecule has 0 aliphatic heterocycles. The fourth-order valence-corrected chi connectivity index (χ4v) is 2.79. The molecule has 2 atom stereocenters. The quantitative estimate of drug-likeness (QED) is 0.873. The Morgan fingerprint density at radius 2 is 2.15 bits per heavy atom. The molecule has 5 heteroatoms. The maximum Gasteiger partial charge on any atom is 0.308 e. The van der Waals surface area contributed by atoms with Crippen LogP contribution in [0, 0.1) is 5.92 Å². The lowest BCUT2D eigenvalue weighted by atomic mass is 9.85. The molecule has 0 saturated heterocycles. The zero-order valence-corrected chi connectivity index (χ0v) is 12.2. The van der Waals surface area contributed by atoms with Gasteiger partial charge in [-0.15, -0.1) is 0 Å². The first-order valence-electron chi connectivity index (χ1n) is 6.74. The summed E-state index contributed by atoms with van der Waals surface area (Å²) >= 11 is 5.87. The molecule has 0 unspecified atom stereocenters. The first-order chi connectivity index (χ1) is 9.60. The second kappa shape index (κ2) is 6.75. The summed E-state index contributed by atoms with van der Waals surface area (Å²) < 4.78 is 4.77. The van der Waals surface area contributed by atoms with E-state index in [4.69, 9.17) is 16.3 Å². The lowest BCUT2D eigenvalue weighted by molar-refractivity contribution is -0.146. The third-order valence-electron chi connectivity index (χ3n) is 3.63. The van der Waals surface area contributed by atoms with Crippen molar-refractivity contribution in [3.8, 4) is 0 Å². The molecule has 1 fully saturated rings. The zero-order chi connectivity index (χ0) is 14.5. The summed E-state index contributed by atoms with van der Waals surface area (Å²) in [5.41, 5.74) is 0.540. The maximum atomic E-state index is 12.1. The second-order valence-electron chi connectivity index (χ2n) is 5.07. The summed E-state index contributed by atoms with van der Waals surface area (Å²) in [6, 6.07) is 6.85. The average Bonchev–Trinajstić information content (AvgIpc) is 2.46. The van der Waals surface area contributed by atoms with E-state index in [1.54, 1.807) is 24.3 Å². The van der Waals surface area contributed by atoms with Gasteiger partial charge in [0, 0.05) is 16.6 Å². The SMILES string of the molecule is COC(=O)[C@H]1CCC[C@@H](NC(=O)c2cccc(Cl)c2)C1. The van der Waals surface area contributed by atoms with E-state index in [9.17, 15) is 9.59 Å². The van der Waals surface area contributed by atoms with Gasteiger partial charge in [-0.3, -0.25) is 9.59 Å². The van der Waals surface area contributed by atoms with E-state index in [-0.39, 0.29) is 23.8 Å². The summed E-state index contributed by atoms with van der Waals surface area (Å²) in [5, 5.41) is 3.50. The van der Waals surface area contributed by atoms with Gasteiger partial charge in [-0.2, -0.15) is 0 Å². The van der Waals surface area contributed by atoms with Gasteiger partial charge in [-0.25, -0.2) is 0 Å². The number of carbonyl (C=O) groups is 2. The van der Waals surface area contributed by atoms with Crippen LogP contribution in [0.2, 0.25) is 5.02 Å². The van der Waals surface area contributed by atoms with Gasteiger partial charge in [0.1, 0.15) is 0 Å². The highest BCUT2D eigenvalue weighted by Gasteiger charge is 2.28. The largest absolute Gasteiger partial charge is 0.469 e. The molecule has 108 valence electrons. The maximum absolute atomic E-state index is 12.1. The molecule has 0 aromatic heterocycles. The van der Waals surface area contributed by atoms with Crippen LogP contribution in [0.15, 0.2) is 24.3 Å². The predicted octanol–water partition coefficient (Wildman–Crippen LogP) is 2.80. The lowest BCUT2D eigenvalue weighted by Crippen LogP contribution is -2.40. The Labute approximate surface area is 123 Å². The van der Waals surface area contributed by atoms with E-state index >= 15 is 0 Å². The smallest absolute Gasteiger partial charge is 0.308 e. The fourth-order valence-electron chi connectivity index (χ4n) is 2.60. The van der Waals surface area contributed by atoms with Crippen LogP contribution in [0.5, 0.6) is 0 Å². The highest BCUT2D eigenvalue weighted by molar-refractivity contribution is 6.30. The normalized spacial score (nSPS) is 22.1. The number of rotatable bonds is 3. The monoisotopic (exact) mass is 295 g/mol. The summed E-state index contributed by atoms with van der Waals surface area (Å²) in [4.78, 5) is 23.7. The minimum atomic E-state index is -0.188. The van der Waals surface area contributed by atoms with Crippen molar-refractivity contribution in [1.82, 2.24) is 5.32 Å². The van der Waals surface area contributed by atoms with Gasteiger partial charge < -0.3 is 10.1 Å². The summed E-state index contributed by atoms with van der Waals surface area (Å²) in [6.45, 7) is 0. The van der Waals surface area contributed by atoms with Crippen molar-refractivity contribution in [2.24, 2.45) is 5.92 Å². The van der Waals surface area contributed by atoms with Crippen molar-refractivity contribution in [2.75, 3.05) is 7.11 Å². The summed E-state index contributed by atoms with van der Waals surface area (Å²) in [5.74, 6) is -0.451. The van der Waals surface area contributed by atoms with Crippen molar-refractivity contribution in [1.29, 1.82) is 0 Å². The molecule has 20 heavy (non-hydrogen) atoms. The van der Waals surface area contributed by atoms with Crippen LogP contribution in [-0.4, -0.2) is 25.0 Å². The van der Waals surface area contributed by atoms with Gasteiger partial charge in [-0.1, -0.05) is 24.1 Å².